The van der Waals surface area contributed by atoms with Gasteiger partial charge in [0.15, 0.2) is 5.65 Å². The molecule has 0 spiro atoms. The van der Waals surface area contributed by atoms with E-state index in [0.29, 0.717) is 23.0 Å². The van der Waals surface area contributed by atoms with Crippen LogP contribution in [0.2, 0.25) is 0 Å². The van der Waals surface area contributed by atoms with Gasteiger partial charge in [0.1, 0.15) is 5.39 Å². The molecule has 2 aromatic heterocycles. The molecule has 7 heteroatoms. The molecule has 0 aliphatic carbocycles. The van der Waals surface area contributed by atoms with Gasteiger partial charge in [0.25, 0.3) is 5.56 Å². The third-order valence-electron chi connectivity index (χ3n) is 5.35. The molecule has 1 fully saturated rings. The van der Waals surface area contributed by atoms with Gasteiger partial charge < -0.3 is 4.90 Å². The van der Waals surface area contributed by atoms with E-state index in [1.54, 1.807) is 6.20 Å². The molecule has 1 aliphatic rings. The third-order valence-corrected chi connectivity index (χ3v) is 5.35. The summed E-state index contributed by atoms with van der Waals surface area (Å²) < 4.78 is 1.83. The topological polar surface area (TPSA) is 70.0 Å². The van der Waals surface area contributed by atoms with E-state index in [-0.39, 0.29) is 11.1 Å². The summed E-state index contributed by atoms with van der Waals surface area (Å²) in [6.45, 7) is 11.9. The number of benzene rings is 1. The van der Waals surface area contributed by atoms with E-state index in [0.717, 1.165) is 26.2 Å². The number of hydrogen-bond acceptors (Lipinski definition) is 5. The Labute approximate surface area is 165 Å². The smallest absolute Gasteiger partial charge is 0.263 e. The molecule has 7 nitrogen and oxygen atoms in total. The van der Waals surface area contributed by atoms with Gasteiger partial charge in [0.2, 0.25) is 5.95 Å². The number of aromatic amines is 1. The largest absolute Gasteiger partial charge is 0.339 e. The summed E-state index contributed by atoms with van der Waals surface area (Å²) in [7, 11) is 0. The first-order chi connectivity index (χ1) is 13.3. The lowest BCUT2D eigenvalue weighted by Gasteiger charge is -2.40. The number of nitrogens with zero attached hydrogens (tertiary/aromatic N) is 5. The Hall–Kier alpha value is -2.67. The first-order valence-electron chi connectivity index (χ1n) is 9.84. The van der Waals surface area contributed by atoms with Gasteiger partial charge >= 0.3 is 0 Å². The maximum atomic E-state index is 12.6. The minimum atomic E-state index is -0.235. The van der Waals surface area contributed by atoms with Crippen LogP contribution >= 0.6 is 0 Å². The summed E-state index contributed by atoms with van der Waals surface area (Å²) in [5, 5.41) is 4.93. The van der Waals surface area contributed by atoms with Gasteiger partial charge in [-0.3, -0.25) is 14.7 Å². The molecule has 4 rings (SSSR count). The monoisotopic (exact) mass is 380 g/mol. The van der Waals surface area contributed by atoms with Crippen LogP contribution < -0.4 is 10.5 Å². The Kier molecular flexibility index (Phi) is 4.71. The Balaban J connectivity index is 1.57. The van der Waals surface area contributed by atoms with Crippen LogP contribution in [0.4, 0.5) is 5.95 Å². The van der Waals surface area contributed by atoms with E-state index in [1.165, 1.54) is 5.56 Å². The number of H-pyrrole nitrogens is 1. The molecular weight excluding hydrogens is 352 g/mol. The molecule has 1 aromatic carbocycles. The lowest BCUT2D eigenvalue weighted by molar-refractivity contribution is 0.180. The number of piperazine rings is 1. The normalized spacial score (nSPS) is 18.7. The van der Waals surface area contributed by atoms with Gasteiger partial charge in [0.05, 0.1) is 11.7 Å². The van der Waals surface area contributed by atoms with E-state index < -0.39 is 0 Å². The molecule has 0 saturated carbocycles. The van der Waals surface area contributed by atoms with E-state index >= 15 is 0 Å². The van der Waals surface area contributed by atoms with Crippen molar-refractivity contribution in [2.24, 2.45) is 0 Å². The standard InChI is InChI=1S/C21H28N6O/c1-15-13-26(11-10-25(15)14-16-8-6-5-7-9-16)20-23-18-17(19(28)24-20)12-22-27(18)21(2,3)4/h5-9,12,15H,10-11,13-14H2,1-4H3,(H,23,24,28)/t15-/m1/s1. The van der Waals surface area contributed by atoms with Crippen LogP contribution in [0.3, 0.4) is 0 Å². The third kappa shape index (κ3) is 3.54. The minimum Gasteiger partial charge on any atom is -0.339 e. The van der Waals surface area contributed by atoms with Crippen molar-refractivity contribution >= 4 is 17.0 Å². The molecule has 148 valence electrons. The Morgan fingerprint density at radius 1 is 1.18 bits per heavy atom. The van der Waals surface area contributed by atoms with Crippen molar-refractivity contribution in [1.82, 2.24) is 24.6 Å². The number of aromatic nitrogens is 4. The van der Waals surface area contributed by atoms with E-state index in [9.17, 15) is 4.79 Å². The van der Waals surface area contributed by atoms with Gasteiger partial charge in [-0.2, -0.15) is 10.1 Å². The zero-order valence-corrected chi connectivity index (χ0v) is 17.0. The van der Waals surface area contributed by atoms with E-state index in [1.807, 2.05) is 10.7 Å². The fourth-order valence-electron chi connectivity index (χ4n) is 3.79. The molecule has 1 atom stereocenters. The molecular formula is C21H28N6O. The van der Waals surface area contributed by atoms with Gasteiger partial charge in [0, 0.05) is 32.2 Å². The highest BCUT2D eigenvalue weighted by Crippen LogP contribution is 2.21. The number of anilines is 1. The zero-order chi connectivity index (χ0) is 19.9. The van der Waals surface area contributed by atoms with Gasteiger partial charge in [-0.1, -0.05) is 30.3 Å². The highest BCUT2D eigenvalue weighted by Gasteiger charge is 2.26. The van der Waals surface area contributed by atoms with Crippen LogP contribution in [-0.2, 0) is 12.1 Å². The predicted molar refractivity (Wildman–Crippen MR) is 112 cm³/mol. The van der Waals surface area contributed by atoms with Crippen molar-refractivity contribution in [3.05, 3.63) is 52.4 Å². The van der Waals surface area contributed by atoms with Crippen molar-refractivity contribution in [3.8, 4) is 0 Å². The lowest BCUT2D eigenvalue weighted by Crippen LogP contribution is -2.52. The SMILES string of the molecule is C[C@@H]1CN(c2nc3c(cnn3C(C)(C)C)c(=O)[nH]2)CCN1Cc1ccccc1. The summed E-state index contributed by atoms with van der Waals surface area (Å²) in [6.07, 6.45) is 1.61. The lowest BCUT2D eigenvalue weighted by atomic mass is 10.1. The van der Waals surface area contributed by atoms with Crippen LogP contribution in [0.15, 0.2) is 41.3 Å². The number of hydrogen-bond donors (Lipinski definition) is 1. The van der Waals surface area contributed by atoms with Crippen LogP contribution in [0, 0.1) is 0 Å². The predicted octanol–water partition coefficient (Wildman–Crippen LogP) is 2.59. The summed E-state index contributed by atoms with van der Waals surface area (Å²) in [4.78, 5) is 25.0. The average molecular weight is 380 g/mol. The molecule has 1 saturated heterocycles. The van der Waals surface area contributed by atoms with Crippen molar-refractivity contribution in [3.63, 3.8) is 0 Å². The second kappa shape index (κ2) is 7.05. The summed E-state index contributed by atoms with van der Waals surface area (Å²) in [5.41, 5.74) is 1.60. The van der Waals surface area contributed by atoms with Gasteiger partial charge in [-0.05, 0) is 33.3 Å². The fraction of sp³-hybridized carbons (Fsp3) is 0.476. The molecule has 28 heavy (non-hydrogen) atoms. The molecule has 3 heterocycles. The molecule has 0 radical (unpaired) electrons. The highest BCUT2D eigenvalue weighted by atomic mass is 16.1. The fourth-order valence-corrected chi connectivity index (χ4v) is 3.79. The molecule has 3 aromatic rings. The number of fused-ring (bicyclic) bond motifs is 1. The summed E-state index contributed by atoms with van der Waals surface area (Å²) >= 11 is 0. The molecule has 1 N–H and O–H groups in total. The molecule has 0 amide bonds. The van der Waals surface area contributed by atoms with Gasteiger partial charge in [-0.15, -0.1) is 0 Å². The van der Waals surface area contributed by atoms with Crippen molar-refractivity contribution < 1.29 is 0 Å². The number of rotatable bonds is 3. The van der Waals surface area contributed by atoms with E-state index in [4.69, 9.17) is 4.98 Å². The maximum absolute atomic E-state index is 12.6. The Bertz CT molecular complexity index is 1020. The summed E-state index contributed by atoms with van der Waals surface area (Å²) in [5.74, 6) is 0.634. The molecule has 0 unspecified atom stereocenters. The second-order valence-corrected chi connectivity index (χ2v) is 8.61. The maximum Gasteiger partial charge on any atom is 0.263 e. The second-order valence-electron chi connectivity index (χ2n) is 8.61. The first kappa shape index (κ1) is 18.7. The Morgan fingerprint density at radius 2 is 1.93 bits per heavy atom. The first-order valence-corrected chi connectivity index (χ1v) is 9.84. The Morgan fingerprint density at radius 3 is 2.61 bits per heavy atom. The molecule has 1 aliphatic heterocycles. The van der Waals surface area contributed by atoms with Crippen LogP contribution in [0.25, 0.3) is 11.0 Å². The highest BCUT2D eigenvalue weighted by molar-refractivity contribution is 5.74. The zero-order valence-electron chi connectivity index (χ0n) is 17.0. The van der Waals surface area contributed by atoms with Crippen molar-refractivity contribution in [2.45, 2.75) is 45.8 Å². The molecule has 0 bridgehead atoms. The van der Waals surface area contributed by atoms with Crippen molar-refractivity contribution in [2.75, 3.05) is 24.5 Å². The minimum absolute atomic E-state index is 0.130. The summed E-state index contributed by atoms with van der Waals surface area (Å²) in [6, 6.07) is 10.9. The van der Waals surface area contributed by atoms with Crippen LogP contribution in [0.5, 0.6) is 0 Å². The van der Waals surface area contributed by atoms with Gasteiger partial charge in [-0.25, -0.2) is 4.68 Å². The van der Waals surface area contributed by atoms with Crippen molar-refractivity contribution in [1.29, 1.82) is 0 Å². The van der Waals surface area contributed by atoms with Crippen LogP contribution in [0.1, 0.15) is 33.3 Å². The van der Waals surface area contributed by atoms with E-state index in [2.05, 4.69) is 71.8 Å². The average Bonchev–Trinajstić information content (AvgIpc) is 3.09. The quantitative estimate of drug-likeness (QED) is 0.756. The van der Waals surface area contributed by atoms with Crippen LogP contribution in [-0.4, -0.2) is 50.3 Å². The number of nitrogens with one attached hydrogen (secondary N) is 1.